The van der Waals surface area contributed by atoms with E-state index in [4.69, 9.17) is 5.73 Å². The van der Waals surface area contributed by atoms with Gasteiger partial charge in [0, 0.05) is 18.7 Å². The van der Waals surface area contributed by atoms with Gasteiger partial charge in [-0.15, -0.1) is 0 Å². The third-order valence-electron chi connectivity index (χ3n) is 4.55. The molecule has 0 aromatic carbocycles. The van der Waals surface area contributed by atoms with Crippen molar-refractivity contribution in [3.05, 3.63) is 18.2 Å². The molecule has 1 aromatic heterocycles. The Hall–Kier alpha value is -1.36. The summed E-state index contributed by atoms with van der Waals surface area (Å²) in [7, 11) is 0. The summed E-state index contributed by atoms with van der Waals surface area (Å²) < 4.78 is 2.18. The Morgan fingerprint density at radius 3 is 2.81 bits per heavy atom. The second-order valence-corrected chi connectivity index (χ2v) is 6.42. The Labute approximate surface area is 126 Å². The molecule has 1 aliphatic carbocycles. The van der Waals surface area contributed by atoms with Crippen molar-refractivity contribution < 1.29 is 9.90 Å². The van der Waals surface area contributed by atoms with Crippen LogP contribution in [0.4, 0.5) is 0 Å². The Balaban J connectivity index is 1.97. The van der Waals surface area contributed by atoms with Gasteiger partial charge >= 0.3 is 5.97 Å². The van der Waals surface area contributed by atoms with Gasteiger partial charge in [0.25, 0.3) is 0 Å². The monoisotopic (exact) mass is 293 g/mol. The van der Waals surface area contributed by atoms with E-state index in [2.05, 4.69) is 9.55 Å². The Kier molecular flexibility index (Phi) is 5.79. The van der Waals surface area contributed by atoms with Gasteiger partial charge in [-0.05, 0) is 31.7 Å². The van der Waals surface area contributed by atoms with Gasteiger partial charge in [0.05, 0.1) is 17.9 Å². The normalized spacial score (nSPS) is 19.3. The minimum absolute atomic E-state index is 0.228. The fourth-order valence-corrected chi connectivity index (χ4v) is 3.17. The summed E-state index contributed by atoms with van der Waals surface area (Å²) in [6, 6.07) is 0.547. The van der Waals surface area contributed by atoms with E-state index in [1.165, 1.54) is 32.1 Å². The molecule has 1 aromatic rings. The zero-order chi connectivity index (χ0) is 15.2. The minimum atomic E-state index is -0.748. The largest absolute Gasteiger partial charge is 0.481 e. The van der Waals surface area contributed by atoms with E-state index in [0.29, 0.717) is 25.4 Å². The third kappa shape index (κ3) is 4.56. The maximum atomic E-state index is 11.4. The summed E-state index contributed by atoms with van der Waals surface area (Å²) >= 11 is 0. The summed E-state index contributed by atoms with van der Waals surface area (Å²) in [6.07, 6.45) is 11.3. The molecular weight excluding hydrogens is 266 g/mol. The number of rotatable bonds is 7. The molecule has 0 spiro atoms. The molecule has 3 N–H and O–H groups in total. The summed E-state index contributed by atoms with van der Waals surface area (Å²) in [5, 5.41) is 9.36. The SMILES string of the molecule is C[C@@H](CN)C[C@@H](Cc1cn(C2CCCCC2)cn1)C(=O)O. The lowest BCUT2D eigenvalue weighted by molar-refractivity contribution is -0.142. The summed E-state index contributed by atoms with van der Waals surface area (Å²) in [6.45, 7) is 2.52. The first-order valence-electron chi connectivity index (χ1n) is 8.05. The fraction of sp³-hybridized carbons (Fsp3) is 0.750. The quantitative estimate of drug-likeness (QED) is 0.809. The molecule has 21 heavy (non-hydrogen) atoms. The standard InChI is InChI=1S/C16H27N3O2/c1-12(9-17)7-13(16(20)21)8-14-10-19(11-18-14)15-5-3-2-4-6-15/h10-13,15H,2-9,17H2,1H3,(H,20,21)/t12-,13+/m1/s1. The molecule has 0 aliphatic heterocycles. The number of aromatic nitrogens is 2. The summed E-state index contributed by atoms with van der Waals surface area (Å²) in [5.74, 6) is -0.910. The molecule has 0 radical (unpaired) electrons. The van der Waals surface area contributed by atoms with Gasteiger partial charge in [-0.1, -0.05) is 26.2 Å². The van der Waals surface area contributed by atoms with Crippen LogP contribution in [0.2, 0.25) is 0 Å². The summed E-state index contributed by atoms with van der Waals surface area (Å²) in [4.78, 5) is 15.8. The zero-order valence-electron chi connectivity index (χ0n) is 12.9. The lowest BCUT2D eigenvalue weighted by Gasteiger charge is -2.22. The van der Waals surface area contributed by atoms with E-state index in [1.807, 2.05) is 19.4 Å². The number of hydrogen-bond donors (Lipinski definition) is 2. The van der Waals surface area contributed by atoms with Crippen LogP contribution >= 0.6 is 0 Å². The fourth-order valence-electron chi connectivity index (χ4n) is 3.17. The van der Waals surface area contributed by atoms with Crippen molar-refractivity contribution in [1.82, 2.24) is 9.55 Å². The number of nitrogens with zero attached hydrogens (tertiary/aromatic N) is 2. The highest BCUT2D eigenvalue weighted by Gasteiger charge is 2.22. The van der Waals surface area contributed by atoms with E-state index in [-0.39, 0.29) is 5.92 Å². The third-order valence-corrected chi connectivity index (χ3v) is 4.55. The number of carbonyl (C=O) groups is 1. The van der Waals surface area contributed by atoms with Crippen LogP contribution in [-0.2, 0) is 11.2 Å². The van der Waals surface area contributed by atoms with E-state index < -0.39 is 11.9 Å². The molecule has 1 heterocycles. The average Bonchev–Trinajstić information content (AvgIpc) is 2.95. The van der Waals surface area contributed by atoms with Crippen molar-refractivity contribution in [3.8, 4) is 0 Å². The number of carboxylic acids is 1. The van der Waals surface area contributed by atoms with Crippen LogP contribution in [0.15, 0.2) is 12.5 Å². The number of nitrogens with two attached hydrogens (primary N) is 1. The first-order chi connectivity index (χ1) is 10.1. The Bertz CT molecular complexity index is 452. The lowest BCUT2D eigenvalue weighted by Crippen LogP contribution is -2.23. The molecule has 0 bridgehead atoms. The predicted molar refractivity (Wildman–Crippen MR) is 82.0 cm³/mol. The number of aliphatic carboxylic acids is 1. The van der Waals surface area contributed by atoms with Gasteiger partial charge in [0.2, 0.25) is 0 Å². The molecule has 2 atom stereocenters. The van der Waals surface area contributed by atoms with Crippen LogP contribution in [0.25, 0.3) is 0 Å². The van der Waals surface area contributed by atoms with Crippen molar-refractivity contribution in [2.24, 2.45) is 17.6 Å². The van der Waals surface area contributed by atoms with Crippen molar-refractivity contribution in [2.75, 3.05) is 6.54 Å². The van der Waals surface area contributed by atoms with Gasteiger partial charge in [0.1, 0.15) is 0 Å². The van der Waals surface area contributed by atoms with Crippen LogP contribution in [0, 0.1) is 11.8 Å². The van der Waals surface area contributed by atoms with E-state index in [9.17, 15) is 9.90 Å². The summed E-state index contributed by atoms with van der Waals surface area (Å²) in [5.41, 5.74) is 6.49. The smallest absolute Gasteiger partial charge is 0.306 e. The molecule has 0 amide bonds. The number of imidazole rings is 1. The van der Waals surface area contributed by atoms with Crippen molar-refractivity contribution in [3.63, 3.8) is 0 Å². The molecule has 5 nitrogen and oxygen atoms in total. The van der Waals surface area contributed by atoms with Gasteiger partial charge < -0.3 is 15.4 Å². The van der Waals surface area contributed by atoms with E-state index in [0.717, 1.165) is 5.69 Å². The molecule has 2 rings (SSSR count). The second kappa shape index (κ2) is 7.59. The first kappa shape index (κ1) is 16.0. The van der Waals surface area contributed by atoms with E-state index in [1.54, 1.807) is 0 Å². The molecule has 1 aliphatic rings. The van der Waals surface area contributed by atoms with Crippen LogP contribution in [-0.4, -0.2) is 27.2 Å². The van der Waals surface area contributed by atoms with Crippen molar-refractivity contribution in [1.29, 1.82) is 0 Å². The van der Waals surface area contributed by atoms with Crippen LogP contribution in [0.1, 0.15) is 57.2 Å². The Morgan fingerprint density at radius 2 is 2.19 bits per heavy atom. The topological polar surface area (TPSA) is 81.1 Å². The number of carboxylic acid groups (broad SMARTS) is 1. The highest BCUT2D eigenvalue weighted by atomic mass is 16.4. The average molecular weight is 293 g/mol. The lowest BCUT2D eigenvalue weighted by atomic mass is 9.92. The van der Waals surface area contributed by atoms with Crippen LogP contribution < -0.4 is 5.73 Å². The molecule has 1 saturated carbocycles. The predicted octanol–water partition coefficient (Wildman–Crippen LogP) is 2.62. The van der Waals surface area contributed by atoms with Gasteiger partial charge in [-0.3, -0.25) is 4.79 Å². The van der Waals surface area contributed by atoms with Gasteiger partial charge in [-0.2, -0.15) is 0 Å². The molecular formula is C16H27N3O2. The minimum Gasteiger partial charge on any atom is -0.481 e. The van der Waals surface area contributed by atoms with E-state index >= 15 is 0 Å². The molecule has 1 fully saturated rings. The van der Waals surface area contributed by atoms with Crippen molar-refractivity contribution in [2.45, 2.75) is 57.9 Å². The second-order valence-electron chi connectivity index (χ2n) is 6.42. The number of hydrogen-bond acceptors (Lipinski definition) is 3. The van der Waals surface area contributed by atoms with Crippen LogP contribution in [0.5, 0.6) is 0 Å². The molecule has 118 valence electrons. The highest BCUT2D eigenvalue weighted by Crippen LogP contribution is 2.28. The maximum Gasteiger partial charge on any atom is 0.306 e. The molecule has 5 heteroatoms. The molecule has 0 unspecified atom stereocenters. The molecule has 0 saturated heterocycles. The van der Waals surface area contributed by atoms with Crippen molar-refractivity contribution >= 4 is 5.97 Å². The van der Waals surface area contributed by atoms with Crippen LogP contribution in [0.3, 0.4) is 0 Å². The van der Waals surface area contributed by atoms with Gasteiger partial charge in [0.15, 0.2) is 0 Å². The Morgan fingerprint density at radius 1 is 1.48 bits per heavy atom. The zero-order valence-corrected chi connectivity index (χ0v) is 12.9. The van der Waals surface area contributed by atoms with Gasteiger partial charge in [-0.25, -0.2) is 4.98 Å². The highest BCUT2D eigenvalue weighted by molar-refractivity contribution is 5.70. The maximum absolute atomic E-state index is 11.4. The first-order valence-corrected chi connectivity index (χ1v) is 8.05.